The smallest absolute Gasteiger partial charge is 0.133 e. The average molecular weight is 360 g/mol. The summed E-state index contributed by atoms with van der Waals surface area (Å²) in [5, 5.41) is 0. The molecule has 2 aromatic rings. The zero-order valence-electron chi connectivity index (χ0n) is 9.54. The van der Waals surface area contributed by atoms with Gasteiger partial charge in [-0.25, -0.2) is 0 Å². The average Bonchev–Trinajstić information content (AvgIpc) is 2.75. The van der Waals surface area contributed by atoms with Gasteiger partial charge in [0.2, 0.25) is 0 Å². The van der Waals surface area contributed by atoms with Gasteiger partial charge in [0.25, 0.3) is 0 Å². The second-order valence-electron chi connectivity index (χ2n) is 3.70. The first-order valence-electron chi connectivity index (χ1n) is 5.15. The molecule has 0 saturated heterocycles. The molecule has 0 fully saturated rings. The lowest BCUT2D eigenvalue weighted by molar-refractivity contribution is 0.412. The molecule has 90 valence electrons. The molecule has 0 bridgehead atoms. The van der Waals surface area contributed by atoms with Crippen LogP contribution in [0.3, 0.4) is 0 Å². The summed E-state index contributed by atoms with van der Waals surface area (Å²) in [6, 6.07) is 9.91. The van der Waals surface area contributed by atoms with Gasteiger partial charge in [0, 0.05) is 0 Å². The summed E-state index contributed by atoms with van der Waals surface area (Å²) in [7, 11) is 1.65. The van der Waals surface area contributed by atoms with Gasteiger partial charge in [-0.1, -0.05) is 22.0 Å². The summed E-state index contributed by atoms with van der Waals surface area (Å²) in [6.07, 6.45) is 0. The summed E-state index contributed by atoms with van der Waals surface area (Å²) in [5.41, 5.74) is 1.12. The predicted octanol–water partition coefficient (Wildman–Crippen LogP) is 4.84. The van der Waals surface area contributed by atoms with E-state index < -0.39 is 0 Å². The number of methoxy groups -OCH3 is 1. The van der Waals surface area contributed by atoms with Crippen LogP contribution >= 0.6 is 31.9 Å². The van der Waals surface area contributed by atoms with E-state index in [0.717, 1.165) is 27.3 Å². The molecule has 2 rings (SSSR count). The standard InChI is InChI=1S/C13H12Br2O2/c1-8-3-5-12(17-8)13(15)9-4-6-11(16-2)10(14)7-9/h3-7,13H,1-2H3. The number of benzene rings is 1. The Morgan fingerprint density at radius 2 is 2.00 bits per heavy atom. The number of hydrogen-bond acceptors (Lipinski definition) is 2. The van der Waals surface area contributed by atoms with Gasteiger partial charge < -0.3 is 9.15 Å². The van der Waals surface area contributed by atoms with Crippen molar-refractivity contribution in [3.63, 3.8) is 0 Å². The second kappa shape index (κ2) is 5.27. The van der Waals surface area contributed by atoms with Crippen LogP contribution in [-0.4, -0.2) is 7.11 Å². The Bertz CT molecular complexity index is 520. The van der Waals surface area contributed by atoms with Gasteiger partial charge in [-0.05, 0) is 52.7 Å². The van der Waals surface area contributed by atoms with Crippen LogP contribution in [0.25, 0.3) is 0 Å². The fraction of sp³-hybridized carbons (Fsp3) is 0.231. The Kier molecular flexibility index (Phi) is 3.94. The van der Waals surface area contributed by atoms with Crippen molar-refractivity contribution in [3.05, 3.63) is 51.9 Å². The van der Waals surface area contributed by atoms with Crippen LogP contribution < -0.4 is 4.74 Å². The van der Waals surface area contributed by atoms with Crippen molar-refractivity contribution in [2.24, 2.45) is 0 Å². The number of halogens is 2. The largest absolute Gasteiger partial charge is 0.496 e. The molecule has 1 unspecified atom stereocenters. The monoisotopic (exact) mass is 358 g/mol. The molecule has 0 amide bonds. The first-order chi connectivity index (χ1) is 8.11. The van der Waals surface area contributed by atoms with E-state index in [-0.39, 0.29) is 4.83 Å². The first-order valence-corrected chi connectivity index (χ1v) is 6.86. The molecular formula is C13H12Br2O2. The van der Waals surface area contributed by atoms with Gasteiger partial charge >= 0.3 is 0 Å². The lowest BCUT2D eigenvalue weighted by Gasteiger charge is -2.10. The van der Waals surface area contributed by atoms with Crippen molar-refractivity contribution in [3.8, 4) is 5.75 Å². The molecule has 17 heavy (non-hydrogen) atoms. The molecule has 4 heteroatoms. The highest BCUT2D eigenvalue weighted by Crippen LogP contribution is 2.35. The molecule has 1 aromatic heterocycles. The minimum absolute atomic E-state index is 0.0541. The second-order valence-corrected chi connectivity index (χ2v) is 5.47. The van der Waals surface area contributed by atoms with Gasteiger partial charge in [-0.15, -0.1) is 0 Å². The fourth-order valence-electron chi connectivity index (χ4n) is 1.59. The van der Waals surface area contributed by atoms with Crippen LogP contribution in [0.5, 0.6) is 5.75 Å². The zero-order chi connectivity index (χ0) is 12.4. The molecule has 0 saturated carbocycles. The number of rotatable bonds is 3. The molecule has 0 aliphatic rings. The Balaban J connectivity index is 2.31. The highest BCUT2D eigenvalue weighted by Gasteiger charge is 2.15. The Morgan fingerprint density at radius 3 is 2.53 bits per heavy atom. The van der Waals surface area contributed by atoms with E-state index >= 15 is 0 Å². The molecular weight excluding hydrogens is 348 g/mol. The normalized spacial score (nSPS) is 12.5. The van der Waals surface area contributed by atoms with E-state index in [0.29, 0.717) is 0 Å². The third-order valence-corrected chi connectivity index (χ3v) is 4.08. The number of alkyl halides is 1. The summed E-state index contributed by atoms with van der Waals surface area (Å²) < 4.78 is 11.7. The SMILES string of the molecule is COc1ccc(C(Br)c2ccc(C)o2)cc1Br. The van der Waals surface area contributed by atoms with Gasteiger partial charge in [-0.2, -0.15) is 0 Å². The summed E-state index contributed by atoms with van der Waals surface area (Å²) in [6.45, 7) is 1.94. The van der Waals surface area contributed by atoms with E-state index in [9.17, 15) is 0 Å². The van der Waals surface area contributed by atoms with Crippen LogP contribution in [0.4, 0.5) is 0 Å². The van der Waals surface area contributed by atoms with Crippen molar-refractivity contribution in [2.75, 3.05) is 7.11 Å². The molecule has 1 aromatic carbocycles. The topological polar surface area (TPSA) is 22.4 Å². The first kappa shape index (κ1) is 12.7. The van der Waals surface area contributed by atoms with Crippen LogP contribution in [0.15, 0.2) is 39.2 Å². The van der Waals surface area contributed by atoms with Gasteiger partial charge in [-0.3, -0.25) is 0 Å². The highest BCUT2D eigenvalue weighted by molar-refractivity contribution is 9.10. The number of ether oxygens (including phenoxy) is 1. The summed E-state index contributed by atoms with van der Waals surface area (Å²) in [5.74, 6) is 2.64. The number of hydrogen-bond donors (Lipinski definition) is 0. The van der Waals surface area contributed by atoms with E-state index in [1.807, 2.05) is 37.3 Å². The Hall–Kier alpha value is -0.740. The van der Waals surface area contributed by atoms with Gasteiger partial charge in [0.05, 0.1) is 16.4 Å². The summed E-state index contributed by atoms with van der Waals surface area (Å²) in [4.78, 5) is 0.0541. The maximum absolute atomic E-state index is 5.60. The quantitative estimate of drug-likeness (QED) is 0.731. The van der Waals surface area contributed by atoms with Crippen LogP contribution in [0, 0.1) is 6.92 Å². The van der Waals surface area contributed by atoms with Crippen molar-refractivity contribution >= 4 is 31.9 Å². The molecule has 0 spiro atoms. The minimum Gasteiger partial charge on any atom is -0.496 e. The lowest BCUT2D eigenvalue weighted by Crippen LogP contribution is -1.92. The third-order valence-electron chi connectivity index (χ3n) is 2.48. The highest BCUT2D eigenvalue weighted by atomic mass is 79.9. The number of furan rings is 1. The molecule has 0 radical (unpaired) electrons. The Labute approximate surface area is 117 Å². The Morgan fingerprint density at radius 1 is 1.24 bits per heavy atom. The molecule has 0 aliphatic carbocycles. The van der Waals surface area contributed by atoms with E-state index in [2.05, 4.69) is 31.9 Å². The lowest BCUT2D eigenvalue weighted by atomic mass is 10.1. The van der Waals surface area contributed by atoms with E-state index in [4.69, 9.17) is 9.15 Å². The third kappa shape index (κ3) is 2.75. The maximum atomic E-state index is 5.60. The van der Waals surface area contributed by atoms with Crippen molar-refractivity contribution in [1.29, 1.82) is 0 Å². The zero-order valence-corrected chi connectivity index (χ0v) is 12.7. The van der Waals surface area contributed by atoms with Crippen molar-refractivity contribution < 1.29 is 9.15 Å². The molecule has 2 nitrogen and oxygen atoms in total. The molecule has 0 aliphatic heterocycles. The van der Waals surface area contributed by atoms with Crippen molar-refractivity contribution in [1.82, 2.24) is 0 Å². The van der Waals surface area contributed by atoms with Crippen LogP contribution in [-0.2, 0) is 0 Å². The van der Waals surface area contributed by atoms with Crippen LogP contribution in [0.1, 0.15) is 21.9 Å². The maximum Gasteiger partial charge on any atom is 0.133 e. The van der Waals surface area contributed by atoms with E-state index in [1.165, 1.54) is 0 Å². The molecule has 1 heterocycles. The van der Waals surface area contributed by atoms with E-state index in [1.54, 1.807) is 7.11 Å². The number of aryl methyl sites for hydroxylation is 1. The predicted molar refractivity (Wildman–Crippen MR) is 74.9 cm³/mol. The fourth-order valence-corrected chi connectivity index (χ4v) is 2.68. The van der Waals surface area contributed by atoms with Crippen LogP contribution in [0.2, 0.25) is 0 Å². The summed E-state index contributed by atoms with van der Waals surface area (Å²) >= 11 is 7.11. The van der Waals surface area contributed by atoms with Gasteiger partial charge in [0.15, 0.2) is 0 Å². The molecule has 1 atom stereocenters. The van der Waals surface area contributed by atoms with Gasteiger partial charge in [0.1, 0.15) is 17.3 Å². The van der Waals surface area contributed by atoms with Crippen molar-refractivity contribution in [2.45, 2.75) is 11.8 Å². The molecule has 0 N–H and O–H groups in total. The minimum atomic E-state index is 0.0541.